The van der Waals surface area contributed by atoms with Crippen LogP contribution in [0.1, 0.15) is 23.0 Å². The molecule has 0 radical (unpaired) electrons. The van der Waals surface area contributed by atoms with Crippen molar-refractivity contribution in [3.63, 3.8) is 0 Å². The zero-order valence-corrected chi connectivity index (χ0v) is 22.4. The van der Waals surface area contributed by atoms with E-state index in [1.165, 1.54) is 17.6 Å². The molecule has 3 aromatic carbocycles. The van der Waals surface area contributed by atoms with Gasteiger partial charge in [-0.1, -0.05) is 48.0 Å². The summed E-state index contributed by atoms with van der Waals surface area (Å²) >= 11 is 0. The summed E-state index contributed by atoms with van der Waals surface area (Å²) in [6.07, 6.45) is -2.52. The summed E-state index contributed by atoms with van der Waals surface area (Å²) in [5.41, 5.74) is 3.44. The molecule has 39 heavy (non-hydrogen) atoms. The Balaban J connectivity index is 1.77. The third-order valence-electron chi connectivity index (χ3n) is 6.33. The van der Waals surface area contributed by atoms with E-state index in [1.54, 1.807) is 43.3 Å². The molecule has 0 spiro atoms. The number of halogens is 3. The SMILES string of the molecule is Cc1ccc(-c2oc(C)nc2-c2cc(-c3cccc(S(C)(=O)=O)c3)ccc2-n2cc(C(F)(F)F)nc2C)cc1. The van der Waals surface area contributed by atoms with Gasteiger partial charge in [0, 0.05) is 30.5 Å². The van der Waals surface area contributed by atoms with Crippen molar-refractivity contribution in [3.8, 4) is 39.4 Å². The van der Waals surface area contributed by atoms with E-state index in [1.807, 2.05) is 31.2 Å². The minimum atomic E-state index is -4.61. The van der Waals surface area contributed by atoms with Crippen LogP contribution in [0.3, 0.4) is 0 Å². The fraction of sp³-hybridized carbons (Fsp3) is 0.172. The number of hydrogen-bond acceptors (Lipinski definition) is 5. The molecule has 6 nitrogen and oxygen atoms in total. The van der Waals surface area contributed by atoms with E-state index in [0.29, 0.717) is 39.7 Å². The lowest BCUT2D eigenvalue weighted by molar-refractivity contribution is -0.141. The minimum Gasteiger partial charge on any atom is -0.440 e. The molecule has 2 heterocycles. The normalized spacial score (nSPS) is 12.2. The van der Waals surface area contributed by atoms with Crippen molar-refractivity contribution in [1.82, 2.24) is 14.5 Å². The number of aryl methyl sites for hydroxylation is 3. The van der Waals surface area contributed by atoms with E-state index in [9.17, 15) is 21.6 Å². The summed E-state index contributed by atoms with van der Waals surface area (Å²) in [6.45, 7) is 5.16. The molecule has 0 atom stereocenters. The van der Waals surface area contributed by atoms with Gasteiger partial charge in [-0.3, -0.25) is 0 Å². The number of oxazole rings is 1. The van der Waals surface area contributed by atoms with Gasteiger partial charge in [-0.15, -0.1) is 0 Å². The van der Waals surface area contributed by atoms with E-state index in [-0.39, 0.29) is 10.7 Å². The Labute approximate surface area is 223 Å². The maximum atomic E-state index is 13.5. The van der Waals surface area contributed by atoms with Crippen molar-refractivity contribution < 1.29 is 26.0 Å². The van der Waals surface area contributed by atoms with Crippen molar-refractivity contribution in [3.05, 3.63) is 95.9 Å². The van der Waals surface area contributed by atoms with Gasteiger partial charge in [-0.2, -0.15) is 13.2 Å². The first kappa shape index (κ1) is 26.4. The summed E-state index contributed by atoms with van der Waals surface area (Å²) < 4.78 is 72.2. The Hall–Kier alpha value is -4.18. The summed E-state index contributed by atoms with van der Waals surface area (Å²) in [6, 6.07) is 19.3. The summed E-state index contributed by atoms with van der Waals surface area (Å²) in [5, 5.41) is 0. The predicted octanol–water partition coefficient (Wildman–Crippen LogP) is 7.21. The fourth-order valence-electron chi connectivity index (χ4n) is 4.39. The molecule has 2 aromatic heterocycles. The molecule has 0 fully saturated rings. The number of nitrogens with zero attached hydrogens (tertiary/aromatic N) is 3. The molecule has 0 saturated heterocycles. The monoisotopic (exact) mass is 551 g/mol. The summed E-state index contributed by atoms with van der Waals surface area (Å²) in [5.74, 6) is 0.992. The summed E-state index contributed by atoms with van der Waals surface area (Å²) in [7, 11) is -3.45. The lowest BCUT2D eigenvalue weighted by atomic mass is 9.97. The van der Waals surface area contributed by atoms with E-state index >= 15 is 0 Å². The molecule has 5 rings (SSSR count). The molecule has 0 saturated carbocycles. The molecule has 5 aromatic rings. The summed E-state index contributed by atoms with van der Waals surface area (Å²) in [4.78, 5) is 8.52. The molecule has 200 valence electrons. The Morgan fingerprint density at radius 3 is 2.15 bits per heavy atom. The van der Waals surface area contributed by atoms with Gasteiger partial charge in [0.2, 0.25) is 0 Å². The first-order valence-electron chi connectivity index (χ1n) is 11.9. The maximum Gasteiger partial charge on any atom is 0.434 e. The molecule has 0 amide bonds. The highest BCUT2D eigenvalue weighted by atomic mass is 32.2. The highest BCUT2D eigenvalue weighted by Gasteiger charge is 2.35. The zero-order chi connectivity index (χ0) is 28.1. The fourth-order valence-corrected chi connectivity index (χ4v) is 5.05. The van der Waals surface area contributed by atoms with E-state index in [4.69, 9.17) is 4.42 Å². The van der Waals surface area contributed by atoms with Crippen LogP contribution >= 0.6 is 0 Å². The number of sulfone groups is 1. The second-order valence-corrected chi connectivity index (χ2v) is 11.4. The third-order valence-corrected chi connectivity index (χ3v) is 7.44. The third kappa shape index (κ3) is 5.24. The van der Waals surface area contributed by atoms with Crippen LogP contribution in [0.4, 0.5) is 13.2 Å². The number of benzene rings is 3. The van der Waals surface area contributed by atoms with E-state index < -0.39 is 21.7 Å². The molecule has 0 N–H and O–H groups in total. The Kier molecular flexibility index (Phi) is 6.46. The predicted molar refractivity (Wildman–Crippen MR) is 142 cm³/mol. The van der Waals surface area contributed by atoms with Crippen LogP contribution < -0.4 is 0 Å². The highest BCUT2D eigenvalue weighted by Crippen LogP contribution is 2.39. The second kappa shape index (κ2) is 9.53. The quantitative estimate of drug-likeness (QED) is 0.231. The molecular formula is C29H24F3N3O3S. The second-order valence-electron chi connectivity index (χ2n) is 9.35. The Morgan fingerprint density at radius 2 is 1.51 bits per heavy atom. The number of hydrogen-bond donors (Lipinski definition) is 0. The van der Waals surface area contributed by atoms with Crippen LogP contribution in [0.5, 0.6) is 0 Å². The number of rotatable bonds is 5. The first-order valence-corrected chi connectivity index (χ1v) is 13.8. The molecule has 0 aliphatic heterocycles. The zero-order valence-electron chi connectivity index (χ0n) is 21.5. The maximum absolute atomic E-state index is 13.5. The van der Waals surface area contributed by atoms with Crippen LogP contribution in [0.25, 0.3) is 39.4 Å². The van der Waals surface area contributed by atoms with Gasteiger partial charge in [0.25, 0.3) is 0 Å². The van der Waals surface area contributed by atoms with Gasteiger partial charge in [-0.05, 0) is 49.2 Å². The topological polar surface area (TPSA) is 78.0 Å². The average Bonchev–Trinajstić information content (AvgIpc) is 3.46. The standard InChI is InChI=1S/C29H24F3N3O3S/c1-17-8-10-20(11-9-17)28-27(34-19(3)38-28)24-15-22(21-6-5-7-23(14-21)39(4,36)37)12-13-25(24)35-16-26(29(30,31)32)33-18(35)2/h5-16H,1-4H3. The lowest BCUT2D eigenvalue weighted by Crippen LogP contribution is -2.05. The molecule has 10 heteroatoms. The van der Waals surface area contributed by atoms with Gasteiger partial charge in [0.05, 0.1) is 10.6 Å². The number of imidazole rings is 1. The van der Waals surface area contributed by atoms with Gasteiger partial charge in [-0.25, -0.2) is 18.4 Å². The van der Waals surface area contributed by atoms with Gasteiger partial charge >= 0.3 is 6.18 Å². The van der Waals surface area contributed by atoms with Gasteiger partial charge in [0.15, 0.2) is 27.2 Å². The first-order chi connectivity index (χ1) is 18.3. The lowest BCUT2D eigenvalue weighted by Gasteiger charge is -2.14. The van der Waals surface area contributed by atoms with Gasteiger partial charge < -0.3 is 8.98 Å². The average molecular weight is 552 g/mol. The van der Waals surface area contributed by atoms with Crippen molar-refractivity contribution in [2.45, 2.75) is 31.8 Å². The van der Waals surface area contributed by atoms with Crippen LogP contribution in [0.2, 0.25) is 0 Å². The Morgan fingerprint density at radius 1 is 0.846 bits per heavy atom. The van der Waals surface area contributed by atoms with Crippen molar-refractivity contribution in [2.24, 2.45) is 0 Å². The van der Waals surface area contributed by atoms with Crippen LogP contribution in [0, 0.1) is 20.8 Å². The number of alkyl halides is 3. The molecule has 0 unspecified atom stereocenters. The van der Waals surface area contributed by atoms with Crippen molar-refractivity contribution >= 4 is 9.84 Å². The van der Waals surface area contributed by atoms with E-state index in [0.717, 1.165) is 23.6 Å². The Bertz CT molecular complexity index is 1800. The van der Waals surface area contributed by atoms with Crippen LogP contribution in [-0.2, 0) is 16.0 Å². The van der Waals surface area contributed by atoms with Crippen molar-refractivity contribution in [1.29, 1.82) is 0 Å². The van der Waals surface area contributed by atoms with Crippen LogP contribution in [0.15, 0.2) is 82.2 Å². The highest BCUT2D eigenvalue weighted by molar-refractivity contribution is 7.90. The molecule has 0 aliphatic rings. The van der Waals surface area contributed by atoms with Crippen LogP contribution in [-0.4, -0.2) is 29.2 Å². The largest absolute Gasteiger partial charge is 0.440 e. The number of aromatic nitrogens is 3. The smallest absolute Gasteiger partial charge is 0.434 e. The minimum absolute atomic E-state index is 0.146. The molecular weight excluding hydrogens is 527 g/mol. The van der Waals surface area contributed by atoms with Gasteiger partial charge in [0.1, 0.15) is 11.5 Å². The van der Waals surface area contributed by atoms with E-state index in [2.05, 4.69) is 9.97 Å². The molecule has 0 aliphatic carbocycles. The molecule has 0 bridgehead atoms. The van der Waals surface area contributed by atoms with Crippen molar-refractivity contribution in [2.75, 3.05) is 6.26 Å².